The highest BCUT2D eigenvalue weighted by molar-refractivity contribution is 8.18. The van der Waals surface area contributed by atoms with E-state index in [1.807, 2.05) is 37.3 Å². The van der Waals surface area contributed by atoms with Gasteiger partial charge in [0.15, 0.2) is 5.17 Å². The molecule has 0 N–H and O–H groups in total. The molecule has 1 aromatic rings. The van der Waals surface area contributed by atoms with Gasteiger partial charge in [0.2, 0.25) is 0 Å². The molecule has 1 aromatic carbocycles. The van der Waals surface area contributed by atoms with E-state index in [0.717, 1.165) is 35.5 Å². The van der Waals surface area contributed by atoms with Crippen molar-refractivity contribution in [1.82, 2.24) is 4.90 Å². The molecule has 1 amide bonds. The van der Waals surface area contributed by atoms with Crippen LogP contribution in [0.15, 0.2) is 34.2 Å². The number of ether oxygens (including phenoxy) is 1. The molecular formula is C18H22N2O2S. The number of hydrogen-bond acceptors (Lipinski definition) is 4. The quantitative estimate of drug-likeness (QED) is 0.791. The molecule has 5 heteroatoms. The van der Waals surface area contributed by atoms with Crippen LogP contribution >= 0.6 is 11.8 Å². The van der Waals surface area contributed by atoms with Gasteiger partial charge in [-0.15, -0.1) is 0 Å². The monoisotopic (exact) mass is 330 g/mol. The summed E-state index contributed by atoms with van der Waals surface area (Å²) in [5, 5.41) is 0.860. The minimum atomic E-state index is -0.127. The summed E-state index contributed by atoms with van der Waals surface area (Å²) in [6.45, 7) is 6.89. The van der Waals surface area contributed by atoms with Crippen LogP contribution in [-0.2, 0) is 4.79 Å². The van der Waals surface area contributed by atoms with Gasteiger partial charge in [0, 0.05) is 13.1 Å². The topological polar surface area (TPSA) is 41.9 Å². The Labute approximate surface area is 141 Å². The Morgan fingerprint density at radius 3 is 2.65 bits per heavy atom. The van der Waals surface area contributed by atoms with Crippen molar-refractivity contribution in [2.75, 3.05) is 19.7 Å². The number of piperidine rings is 1. The Balaban J connectivity index is 1.67. The van der Waals surface area contributed by atoms with Crippen molar-refractivity contribution in [1.29, 1.82) is 0 Å². The summed E-state index contributed by atoms with van der Waals surface area (Å²) in [5.74, 6) is 1.49. The van der Waals surface area contributed by atoms with Crippen LogP contribution in [0.3, 0.4) is 0 Å². The fourth-order valence-corrected chi connectivity index (χ4v) is 3.68. The first-order chi connectivity index (χ1) is 11.2. The Bertz CT molecular complexity index is 629. The van der Waals surface area contributed by atoms with Gasteiger partial charge in [-0.2, -0.15) is 4.99 Å². The zero-order chi connectivity index (χ0) is 16.2. The van der Waals surface area contributed by atoms with Gasteiger partial charge in [-0.1, -0.05) is 19.1 Å². The molecule has 4 nitrogen and oxygen atoms in total. The number of rotatable bonds is 3. The third-order valence-corrected chi connectivity index (χ3v) is 5.20. The van der Waals surface area contributed by atoms with Gasteiger partial charge in [-0.3, -0.25) is 4.79 Å². The number of benzene rings is 1. The van der Waals surface area contributed by atoms with Crippen LogP contribution < -0.4 is 4.74 Å². The predicted molar refractivity (Wildman–Crippen MR) is 95.6 cm³/mol. The number of carbonyl (C=O) groups excluding carboxylic acids is 1. The van der Waals surface area contributed by atoms with E-state index in [-0.39, 0.29) is 5.91 Å². The number of carbonyl (C=O) groups is 1. The fraction of sp³-hybridized carbons (Fsp3) is 0.444. The molecule has 2 aliphatic rings. The molecule has 122 valence electrons. The summed E-state index contributed by atoms with van der Waals surface area (Å²) in [6, 6.07) is 7.78. The average molecular weight is 330 g/mol. The Kier molecular flexibility index (Phi) is 5.06. The Morgan fingerprint density at radius 1 is 1.30 bits per heavy atom. The zero-order valence-corrected chi connectivity index (χ0v) is 14.4. The lowest BCUT2D eigenvalue weighted by Gasteiger charge is -2.30. The minimum absolute atomic E-state index is 0.127. The molecule has 3 rings (SSSR count). The van der Waals surface area contributed by atoms with Crippen LogP contribution in [-0.4, -0.2) is 35.7 Å². The summed E-state index contributed by atoms with van der Waals surface area (Å²) in [4.78, 5) is 19.3. The van der Waals surface area contributed by atoms with Gasteiger partial charge in [0.05, 0.1) is 11.5 Å². The van der Waals surface area contributed by atoms with E-state index < -0.39 is 0 Å². The van der Waals surface area contributed by atoms with Crippen molar-refractivity contribution in [2.45, 2.75) is 26.7 Å². The maximum Gasteiger partial charge on any atom is 0.286 e. The van der Waals surface area contributed by atoms with E-state index in [1.165, 1.54) is 24.6 Å². The lowest BCUT2D eigenvalue weighted by molar-refractivity contribution is -0.113. The van der Waals surface area contributed by atoms with Gasteiger partial charge in [-0.05, 0) is 61.2 Å². The molecule has 23 heavy (non-hydrogen) atoms. The molecule has 0 unspecified atom stereocenters. The summed E-state index contributed by atoms with van der Waals surface area (Å²) < 4.78 is 5.43. The van der Waals surface area contributed by atoms with Crippen LogP contribution in [0.25, 0.3) is 6.08 Å². The van der Waals surface area contributed by atoms with Crippen molar-refractivity contribution in [3.8, 4) is 5.75 Å². The van der Waals surface area contributed by atoms with Crippen LogP contribution in [0, 0.1) is 5.92 Å². The van der Waals surface area contributed by atoms with Gasteiger partial charge in [-0.25, -0.2) is 0 Å². The van der Waals surface area contributed by atoms with Gasteiger partial charge >= 0.3 is 0 Å². The molecule has 0 bridgehead atoms. The molecule has 0 aromatic heterocycles. The molecular weight excluding hydrogens is 308 g/mol. The maximum absolute atomic E-state index is 12.1. The third-order valence-electron chi connectivity index (χ3n) is 4.15. The van der Waals surface area contributed by atoms with Crippen molar-refractivity contribution in [2.24, 2.45) is 10.9 Å². The Morgan fingerprint density at radius 2 is 2.00 bits per heavy atom. The lowest BCUT2D eigenvalue weighted by Crippen LogP contribution is -2.35. The third kappa shape index (κ3) is 3.96. The normalized spacial score (nSPS) is 21.0. The minimum Gasteiger partial charge on any atom is -0.494 e. The first-order valence-electron chi connectivity index (χ1n) is 8.16. The van der Waals surface area contributed by atoms with Crippen molar-refractivity contribution in [3.63, 3.8) is 0 Å². The second kappa shape index (κ2) is 7.21. The van der Waals surface area contributed by atoms with Crippen molar-refractivity contribution < 1.29 is 9.53 Å². The number of thioether (sulfide) groups is 1. The second-order valence-corrected chi connectivity index (χ2v) is 6.99. The molecule has 0 aliphatic carbocycles. The first kappa shape index (κ1) is 16.1. The van der Waals surface area contributed by atoms with Crippen molar-refractivity contribution >= 4 is 28.9 Å². The molecule has 0 radical (unpaired) electrons. The van der Waals surface area contributed by atoms with E-state index in [4.69, 9.17) is 4.74 Å². The van der Waals surface area contributed by atoms with Crippen LogP contribution in [0.4, 0.5) is 0 Å². The highest BCUT2D eigenvalue weighted by atomic mass is 32.2. The van der Waals surface area contributed by atoms with Gasteiger partial charge in [0.25, 0.3) is 5.91 Å². The van der Waals surface area contributed by atoms with E-state index in [1.54, 1.807) is 0 Å². The fourth-order valence-electron chi connectivity index (χ4n) is 2.71. The summed E-state index contributed by atoms with van der Waals surface area (Å²) >= 11 is 1.49. The van der Waals surface area contributed by atoms with Gasteiger partial charge in [0.1, 0.15) is 5.75 Å². The number of aliphatic imine (C=N–C) groups is 1. The molecule has 2 heterocycles. The largest absolute Gasteiger partial charge is 0.494 e. The molecule has 0 saturated carbocycles. The maximum atomic E-state index is 12.1. The zero-order valence-electron chi connectivity index (χ0n) is 13.6. The van der Waals surface area contributed by atoms with Crippen LogP contribution in [0.2, 0.25) is 0 Å². The summed E-state index contributed by atoms with van der Waals surface area (Å²) in [5.41, 5.74) is 0.994. The standard InChI is InChI=1S/C18H22N2O2S/c1-3-22-15-6-4-14(5-7-15)12-16-17(21)19-18(23-16)20-10-8-13(2)9-11-20/h4-7,12-13H,3,8-11H2,1-2H3. The van der Waals surface area contributed by atoms with Crippen LogP contribution in [0.5, 0.6) is 5.75 Å². The summed E-state index contributed by atoms with van der Waals surface area (Å²) in [6.07, 6.45) is 4.25. The van der Waals surface area contributed by atoms with E-state index in [9.17, 15) is 4.79 Å². The number of hydrogen-bond donors (Lipinski definition) is 0. The number of amidine groups is 1. The SMILES string of the molecule is CCOc1ccc(C=C2SC(N3CCC(C)CC3)=NC2=O)cc1. The molecule has 0 spiro atoms. The smallest absolute Gasteiger partial charge is 0.286 e. The predicted octanol–water partition coefficient (Wildman–Crippen LogP) is 3.79. The number of likely N-dealkylation sites (tertiary alicyclic amines) is 1. The lowest BCUT2D eigenvalue weighted by atomic mass is 10.00. The number of nitrogens with zero attached hydrogens (tertiary/aromatic N) is 2. The van der Waals surface area contributed by atoms with E-state index in [2.05, 4.69) is 16.8 Å². The average Bonchev–Trinajstić information content (AvgIpc) is 2.91. The van der Waals surface area contributed by atoms with Crippen molar-refractivity contribution in [3.05, 3.63) is 34.7 Å². The van der Waals surface area contributed by atoms with Gasteiger partial charge < -0.3 is 9.64 Å². The highest BCUT2D eigenvalue weighted by Gasteiger charge is 2.28. The summed E-state index contributed by atoms with van der Waals surface area (Å²) in [7, 11) is 0. The molecule has 2 aliphatic heterocycles. The number of amides is 1. The van der Waals surface area contributed by atoms with Crippen LogP contribution in [0.1, 0.15) is 32.3 Å². The Hall–Kier alpha value is -1.75. The van der Waals surface area contributed by atoms with E-state index >= 15 is 0 Å². The second-order valence-electron chi connectivity index (χ2n) is 5.98. The molecule has 1 fully saturated rings. The first-order valence-corrected chi connectivity index (χ1v) is 8.97. The highest BCUT2D eigenvalue weighted by Crippen LogP contribution is 2.32. The van der Waals surface area contributed by atoms with E-state index in [0.29, 0.717) is 11.5 Å². The molecule has 0 atom stereocenters. The molecule has 1 saturated heterocycles.